The van der Waals surface area contributed by atoms with Gasteiger partial charge in [-0.2, -0.15) is 13.2 Å². The van der Waals surface area contributed by atoms with E-state index >= 15 is 0 Å². The normalized spacial score (nSPS) is 15.1. The number of hydrogen-bond donors (Lipinski definition) is 1. The molecule has 0 radical (unpaired) electrons. The van der Waals surface area contributed by atoms with Gasteiger partial charge in [0.05, 0.1) is 0 Å². The van der Waals surface area contributed by atoms with Crippen LogP contribution in [0.4, 0.5) is 13.2 Å². The summed E-state index contributed by atoms with van der Waals surface area (Å²) in [5.41, 5.74) is 2.46. The van der Waals surface area contributed by atoms with E-state index in [0.717, 1.165) is 6.42 Å². The third-order valence-electron chi connectivity index (χ3n) is 3.52. The molecule has 1 nitrogen and oxygen atoms in total. The van der Waals surface area contributed by atoms with Gasteiger partial charge < -0.3 is 5.32 Å². The maximum atomic E-state index is 12.1. The largest absolute Gasteiger partial charge is 0.389 e. The van der Waals surface area contributed by atoms with Gasteiger partial charge in [-0.1, -0.05) is 31.2 Å². The second-order valence-corrected chi connectivity index (χ2v) is 5.39. The molecular formula is C16H24F3N. The zero-order valence-corrected chi connectivity index (χ0v) is 12.4. The van der Waals surface area contributed by atoms with Gasteiger partial charge in [0.2, 0.25) is 0 Å². The molecule has 0 fully saturated rings. The highest BCUT2D eigenvalue weighted by atomic mass is 19.4. The van der Waals surface area contributed by atoms with Gasteiger partial charge in [-0.25, -0.2) is 0 Å². The summed E-state index contributed by atoms with van der Waals surface area (Å²) in [6, 6.07) is 8.60. The summed E-state index contributed by atoms with van der Waals surface area (Å²) in [4.78, 5) is 0. The van der Waals surface area contributed by atoms with Crippen LogP contribution in [0.15, 0.2) is 24.3 Å². The molecule has 0 saturated heterocycles. The van der Waals surface area contributed by atoms with Crippen LogP contribution in [-0.2, 0) is 6.42 Å². The molecule has 1 aromatic carbocycles. The fourth-order valence-electron chi connectivity index (χ4n) is 2.26. The van der Waals surface area contributed by atoms with Crippen molar-refractivity contribution in [2.75, 3.05) is 0 Å². The van der Waals surface area contributed by atoms with Crippen molar-refractivity contribution in [3.8, 4) is 0 Å². The maximum Gasteiger partial charge on any atom is 0.389 e. The van der Waals surface area contributed by atoms with E-state index in [-0.39, 0.29) is 18.5 Å². The lowest BCUT2D eigenvalue weighted by Gasteiger charge is -2.21. The number of alkyl halides is 3. The van der Waals surface area contributed by atoms with E-state index in [9.17, 15) is 13.2 Å². The van der Waals surface area contributed by atoms with Crippen LogP contribution >= 0.6 is 0 Å². The van der Waals surface area contributed by atoms with Crippen molar-refractivity contribution in [1.29, 1.82) is 0 Å². The average molecular weight is 287 g/mol. The SMILES string of the molecule is CCc1ccc(C(C)NC(C)CCCC(F)(F)F)cc1. The standard InChI is InChI=1S/C16H24F3N/c1-4-14-7-9-15(10-8-14)13(3)20-12(2)6-5-11-16(17,18)19/h7-10,12-13,20H,4-6,11H2,1-3H3. The van der Waals surface area contributed by atoms with Crippen molar-refractivity contribution < 1.29 is 13.2 Å². The summed E-state index contributed by atoms with van der Waals surface area (Å²) in [7, 11) is 0. The third-order valence-corrected chi connectivity index (χ3v) is 3.52. The molecule has 0 spiro atoms. The molecule has 1 rings (SSSR count). The number of benzene rings is 1. The Morgan fingerprint density at radius 3 is 2.20 bits per heavy atom. The minimum atomic E-state index is -4.04. The Balaban J connectivity index is 2.38. The number of hydrogen-bond acceptors (Lipinski definition) is 1. The van der Waals surface area contributed by atoms with Gasteiger partial charge in [-0.3, -0.25) is 0 Å². The van der Waals surface area contributed by atoms with Gasteiger partial charge in [0.25, 0.3) is 0 Å². The quantitative estimate of drug-likeness (QED) is 0.742. The zero-order valence-electron chi connectivity index (χ0n) is 12.4. The molecule has 2 unspecified atom stereocenters. The predicted molar refractivity (Wildman–Crippen MR) is 76.7 cm³/mol. The van der Waals surface area contributed by atoms with Crippen molar-refractivity contribution >= 4 is 0 Å². The average Bonchev–Trinajstić information content (AvgIpc) is 2.37. The summed E-state index contributed by atoms with van der Waals surface area (Å²) in [5, 5.41) is 3.35. The van der Waals surface area contributed by atoms with E-state index in [1.54, 1.807) is 0 Å². The first-order valence-electron chi connectivity index (χ1n) is 7.23. The highest BCUT2D eigenvalue weighted by Crippen LogP contribution is 2.23. The van der Waals surface area contributed by atoms with Crippen LogP contribution in [0.25, 0.3) is 0 Å². The lowest BCUT2D eigenvalue weighted by molar-refractivity contribution is -0.135. The molecule has 2 atom stereocenters. The topological polar surface area (TPSA) is 12.0 Å². The molecule has 0 bridgehead atoms. The summed E-state index contributed by atoms with van der Waals surface area (Å²) >= 11 is 0. The van der Waals surface area contributed by atoms with E-state index in [1.165, 1.54) is 11.1 Å². The van der Waals surface area contributed by atoms with Crippen LogP contribution in [0.3, 0.4) is 0 Å². The molecule has 1 N–H and O–H groups in total. The van der Waals surface area contributed by atoms with Gasteiger partial charge in [0.15, 0.2) is 0 Å². The molecule has 0 aliphatic heterocycles. The van der Waals surface area contributed by atoms with Gasteiger partial charge in [0, 0.05) is 18.5 Å². The number of rotatable bonds is 7. The Bertz CT molecular complexity index is 384. The molecule has 114 valence electrons. The molecule has 0 amide bonds. The summed E-state index contributed by atoms with van der Waals surface area (Å²) in [6.45, 7) is 6.09. The Kier molecular flexibility index (Phi) is 6.53. The van der Waals surface area contributed by atoms with Crippen molar-refractivity contribution in [3.63, 3.8) is 0 Å². The maximum absolute atomic E-state index is 12.1. The van der Waals surface area contributed by atoms with Crippen LogP contribution in [0.5, 0.6) is 0 Å². The van der Waals surface area contributed by atoms with Crippen LogP contribution < -0.4 is 5.32 Å². The molecule has 0 aromatic heterocycles. The fourth-order valence-corrected chi connectivity index (χ4v) is 2.26. The highest BCUT2D eigenvalue weighted by Gasteiger charge is 2.26. The lowest BCUT2D eigenvalue weighted by atomic mass is 10.0. The Hall–Kier alpha value is -1.03. The number of nitrogens with one attached hydrogen (secondary N) is 1. The molecule has 0 aliphatic rings. The minimum Gasteiger partial charge on any atom is -0.308 e. The van der Waals surface area contributed by atoms with Crippen LogP contribution in [0.1, 0.15) is 57.2 Å². The second-order valence-electron chi connectivity index (χ2n) is 5.39. The molecule has 0 heterocycles. The summed E-state index contributed by atoms with van der Waals surface area (Å²) in [5.74, 6) is 0. The van der Waals surface area contributed by atoms with E-state index in [0.29, 0.717) is 6.42 Å². The van der Waals surface area contributed by atoms with Crippen molar-refractivity contribution in [2.45, 2.75) is 64.7 Å². The van der Waals surface area contributed by atoms with Gasteiger partial charge in [-0.05, 0) is 44.2 Å². The fraction of sp³-hybridized carbons (Fsp3) is 0.625. The smallest absolute Gasteiger partial charge is 0.308 e. The summed E-state index contributed by atoms with van der Waals surface area (Å²) in [6.07, 6.45) is -3.01. The van der Waals surface area contributed by atoms with Crippen molar-refractivity contribution in [2.24, 2.45) is 0 Å². The minimum absolute atomic E-state index is 0.0817. The predicted octanol–water partition coefficient (Wildman–Crippen LogP) is 5.02. The monoisotopic (exact) mass is 287 g/mol. The van der Waals surface area contributed by atoms with Crippen LogP contribution in [0, 0.1) is 0 Å². The van der Waals surface area contributed by atoms with E-state index < -0.39 is 12.6 Å². The first kappa shape index (κ1) is 17.0. The van der Waals surface area contributed by atoms with Crippen molar-refractivity contribution in [1.82, 2.24) is 5.32 Å². The zero-order chi connectivity index (χ0) is 15.2. The van der Waals surface area contributed by atoms with Crippen molar-refractivity contribution in [3.05, 3.63) is 35.4 Å². The first-order valence-corrected chi connectivity index (χ1v) is 7.23. The van der Waals surface area contributed by atoms with Gasteiger partial charge in [-0.15, -0.1) is 0 Å². The third kappa shape index (κ3) is 6.42. The van der Waals surface area contributed by atoms with Gasteiger partial charge in [0.1, 0.15) is 0 Å². The molecule has 0 aliphatic carbocycles. The Morgan fingerprint density at radius 2 is 1.70 bits per heavy atom. The summed E-state index contributed by atoms with van der Waals surface area (Å²) < 4.78 is 36.3. The molecule has 0 saturated carbocycles. The molecular weight excluding hydrogens is 263 g/mol. The van der Waals surface area contributed by atoms with E-state index in [2.05, 4.69) is 36.5 Å². The molecule has 4 heteroatoms. The first-order chi connectivity index (χ1) is 9.31. The Labute approximate surface area is 119 Å². The van der Waals surface area contributed by atoms with Crippen LogP contribution in [0.2, 0.25) is 0 Å². The van der Waals surface area contributed by atoms with Crippen LogP contribution in [-0.4, -0.2) is 12.2 Å². The van der Waals surface area contributed by atoms with E-state index in [1.807, 2.05) is 13.8 Å². The Morgan fingerprint density at radius 1 is 1.10 bits per heavy atom. The lowest BCUT2D eigenvalue weighted by Crippen LogP contribution is -2.29. The van der Waals surface area contributed by atoms with Gasteiger partial charge >= 0.3 is 6.18 Å². The molecule has 20 heavy (non-hydrogen) atoms. The molecule has 1 aromatic rings. The van der Waals surface area contributed by atoms with E-state index in [4.69, 9.17) is 0 Å². The second kappa shape index (κ2) is 7.67. The number of halogens is 3. The highest BCUT2D eigenvalue weighted by molar-refractivity contribution is 5.24. The number of aryl methyl sites for hydroxylation is 1.